The molecule has 3 N–H and O–H groups in total. The maximum absolute atomic E-state index is 14.3. The number of aliphatic imine (C=N–C) groups is 1. The van der Waals surface area contributed by atoms with E-state index >= 15 is 0 Å². The number of anilines is 1. The molecular formula is C18H19F2N5O4S. The van der Waals surface area contributed by atoms with Crippen LogP contribution in [0, 0.1) is 11.6 Å². The minimum absolute atomic E-state index is 0.0146. The van der Waals surface area contributed by atoms with E-state index in [1.807, 2.05) is 0 Å². The number of ether oxygens (including phenoxy) is 1. The van der Waals surface area contributed by atoms with E-state index in [1.54, 1.807) is 0 Å². The van der Waals surface area contributed by atoms with Crippen molar-refractivity contribution < 1.29 is 26.7 Å². The van der Waals surface area contributed by atoms with Crippen molar-refractivity contribution >= 4 is 27.6 Å². The normalized spacial score (nSPS) is 17.9. The Hall–Kier alpha value is -3.28. The van der Waals surface area contributed by atoms with Crippen LogP contribution < -0.4 is 15.8 Å². The number of halogens is 2. The molecule has 0 saturated carbocycles. The third kappa shape index (κ3) is 4.48. The molecule has 2 heterocycles. The van der Waals surface area contributed by atoms with Crippen molar-refractivity contribution in [3.63, 3.8) is 0 Å². The molecule has 1 aliphatic rings. The van der Waals surface area contributed by atoms with E-state index in [2.05, 4.69) is 15.3 Å². The summed E-state index contributed by atoms with van der Waals surface area (Å²) in [7, 11) is -0.992. The standard InChI is InChI=1S/C18H19F2N5O4S/c1-25-18(21)24-12(9-30(25,27)28)6-10-5-11(7-14(19)16(10)20)23-17(26)15-4-3-13(29-2)8-22-15/h3-5,7-8,12H,6,9H2,1-2H3,(H2,21,24)(H,23,26). The van der Waals surface area contributed by atoms with Gasteiger partial charge in [-0.3, -0.25) is 4.79 Å². The number of hydrogen-bond acceptors (Lipinski definition) is 7. The predicted molar refractivity (Wildman–Crippen MR) is 106 cm³/mol. The largest absolute Gasteiger partial charge is 0.495 e. The van der Waals surface area contributed by atoms with Gasteiger partial charge in [0.1, 0.15) is 11.4 Å². The third-order valence-corrected chi connectivity index (χ3v) is 6.31. The van der Waals surface area contributed by atoms with Crippen LogP contribution in [0.5, 0.6) is 5.75 Å². The first-order valence-electron chi connectivity index (χ1n) is 8.70. The highest BCUT2D eigenvalue weighted by atomic mass is 32.2. The lowest BCUT2D eigenvalue weighted by Crippen LogP contribution is -2.47. The monoisotopic (exact) mass is 439 g/mol. The summed E-state index contributed by atoms with van der Waals surface area (Å²) in [5, 5.41) is 2.44. The Balaban J connectivity index is 1.83. The van der Waals surface area contributed by atoms with Crippen LogP contribution in [0.1, 0.15) is 16.1 Å². The fourth-order valence-electron chi connectivity index (χ4n) is 2.86. The number of pyridine rings is 1. The smallest absolute Gasteiger partial charge is 0.274 e. The summed E-state index contributed by atoms with van der Waals surface area (Å²) in [6.45, 7) is 0. The molecular weight excluding hydrogens is 420 g/mol. The van der Waals surface area contributed by atoms with Gasteiger partial charge < -0.3 is 15.8 Å². The molecule has 2 aromatic rings. The second-order valence-electron chi connectivity index (χ2n) is 6.56. The van der Waals surface area contributed by atoms with Gasteiger partial charge in [-0.25, -0.2) is 31.5 Å². The van der Waals surface area contributed by atoms with Gasteiger partial charge in [0, 0.05) is 18.8 Å². The van der Waals surface area contributed by atoms with Crippen molar-refractivity contribution in [3.05, 3.63) is 53.4 Å². The fourth-order valence-corrected chi connectivity index (χ4v) is 4.09. The molecule has 1 amide bonds. The van der Waals surface area contributed by atoms with Crippen LogP contribution >= 0.6 is 0 Å². The number of carbonyl (C=O) groups excluding carboxylic acids is 1. The predicted octanol–water partition coefficient (Wildman–Crippen LogP) is 1.12. The Labute approximate surface area is 171 Å². The second kappa shape index (κ2) is 8.22. The zero-order valence-corrected chi connectivity index (χ0v) is 16.9. The van der Waals surface area contributed by atoms with Gasteiger partial charge in [0.25, 0.3) is 5.91 Å². The zero-order chi connectivity index (χ0) is 22.1. The Morgan fingerprint density at radius 3 is 2.70 bits per heavy atom. The van der Waals surface area contributed by atoms with E-state index in [0.717, 1.165) is 10.4 Å². The fraction of sp³-hybridized carbons (Fsp3) is 0.278. The number of hydrogen-bond donors (Lipinski definition) is 2. The Morgan fingerprint density at radius 1 is 1.37 bits per heavy atom. The number of rotatable bonds is 5. The van der Waals surface area contributed by atoms with Crippen LogP contribution in [-0.2, 0) is 16.4 Å². The van der Waals surface area contributed by atoms with Gasteiger partial charge >= 0.3 is 0 Å². The van der Waals surface area contributed by atoms with Crippen LogP contribution in [0.25, 0.3) is 0 Å². The minimum Gasteiger partial charge on any atom is -0.495 e. The molecule has 0 aliphatic carbocycles. The summed E-state index contributed by atoms with van der Waals surface area (Å²) >= 11 is 0. The van der Waals surface area contributed by atoms with Gasteiger partial charge in [0.2, 0.25) is 16.0 Å². The molecule has 1 atom stereocenters. The lowest BCUT2D eigenvalue weighted by Gasteiger charge is -2.27. The molecule has 0 saturated heterocycles. The number of nitrogens with one attached hydrogen (secondary N) is 1. The van der Waals surface area contributed by atoms with Crippen LogP contribution in [0.4, 0.5) is 14.5 Å². The van der Waals surface area contributed by atoms with Crippen LogP contribution in [0.3, 0.4) is 0 Å². The molecule has 1 aromatic heterocycles. The summed E-state index contributed by atoms with van der Waals surface area (Å²) < 4.78 is 58.3. The van der Waals surface area contributed by atoms with Crippen molar-refractivity contribution in [1.82, 2.24) is 9.29 Å². The first kappa shape index (κ1) is 21.4. The highest BCUT2D eigenvalue weighted by Crippen LogP contribution is 2.23. The minimum atomic E-state index is -3.70. The van der Waals surface area contributed by atoms with Crippen LogP contribution in [0.15, 0.2) is 35.5 Å². The van der Waals surface area contributed by atoms with Gasteiger partial charge in [-0.1, -0.05) is 0 Å². The molecule has 12 heteroatoms. The van der Waals surface area contributed by atoms with Crippen molar-refractivity contribution in [3.8, 4) is 5.75 Å². The highest BCUT2D eigenvalue weighted by Gasteiger charge is 2.31. The molecule has 0 spiro atoms. The summed E-state index contributed by atoms with van der Waals surface area (Å²) in [5.74, 6) is -3.17. The van der Waals surface area contributed by atoms with E-state index in [9.17, 15) is 22.0 Å². The van der Waals surface area contributed by atoms with E-state index in [-0.39, 0.29) is 29.3 Å². The van der Waals surface area contributed by atoms with E-state index in [0.29, 0.717) is 5.75 Å². The number of methoxy groups -OCH3 is 1. The van der Waals surface area contributed by atoms with Gasteiger partial charge in [0.05, 0.1) is 25.1 Å². The van der Waals surface area contributed by atoms with Crippen LogP contribution in [0.2, 0.25) is 0 Å². The number of aromatic nitrogens is 1. The summed E-state index contributed by atoms with van der Waals surface area (Å²) in [6.07, 6.45) is 1.12. The first-order valence-corrected chi connectivity index (χ1v) is 10.3. The average Bonchev–Trinajstić information content (AvgIpc) is 2.69. The summed E-state index contributed by atoms with van der Waals surface area (Å²) in [5.41, 5.74) is 5.49. The molecule has 0 fully saturated rings. The van der Waals surface area contributed by atoms with Crippen molar-refractivity contribution in [2.24, 2.45) is 10.7 Å². The van der Waals surface area contributed by atoms with Crippen molar-refractivity contribution in [1.29, 1.82) is 0 Å². The summed E-state index contributed by atoms with van der Waals surface area (Å²) in [4.78, 5) is 20.3. The second-order valence-corrected chi connectivity index (χ2v) is 8.60. The molecule has 1 aromatic carbocycles. The van der Waals surface area contributed by atoms with Gasteiger partial charge in [-0.05, 0) is 30.2 Å². The Bertz CT molecular complexity index is 1110. The molecule has 3 rings (SSSR count). The van der Waals surface area contributed by atoms with E-state index in [4.69, 9.17) is 10.5 Å². The quantitative estimate of drug-likeness (QED) is 0.719. The highest BCUT2D eigenvalue weighted by molar-refractivity contribution is 7.89. The number of sulfonamides is 1. The molecule has 1 aliphatic heterocycles. The van der Waals surface area contributed by atoms with E-state index in [1.165, 1.54) is 38.6 Å². The topological polar surface area (TPSA) is 127 Å². The number of amides is 1. The molecule has 0 bridgehead atoms. The lowest BCUT2D eigenvalue weighted by atomic mass is 10.1. The Kier molecular flexibility index (Phi) is 5.87. The van der Waals surface area contributed by atoms with E-state index < -0.39 is 39.4 Å². The summed E-state index contributed by atoms with van der Waals surface area (Å²) in [6, 6.07) is 4.09. The van der Waals surface area contributed by atoms with Crippen LogP contribution in [-0.4, -0.2) is 55.5 Å². The van der Waals surface area contributed by atoms with Gasteiger partial charge in [-0.2, -0.15) is 0 Å². The molecule has 160 valence electrons. The van der Waals surface area contributed by atoms with Gasteiger partial charge in [-0.15, -0.1) is 0 Å². The molecule has 30 heavy (non-hydrogen) atoms. The van der Waals surface area contributed by atoms with Gasteiger partial charge in [0.15, 0.2) is 11.6 Å². The maximum atomic E-state index is 14.3. The molecule has 0 radical (unpaired) electrons. The number of guanidine groups is 1. The first-order chi connectivity index (χ1) is 14.1. The molecule has 9 nitrogen and oxygen atoms in total. The number of nitrogens with zero attached hydrogens (tertiary/aromatic N) is 3. The SMILES string of the molecule is COc1ccc(C(=O)Nc2cc(F)c(F)c(CC3CS(=O)(=O)N(C)C(N)=N3)c2)nc1. The average molecular weight is 439 g/mol. The zero-order valence-electron chi connectivity index (χ0n) is 16.1. The maximum Gasteiger partial charge on any atom is 0.274 e. The number of benzene rings is 1. The number of nitrogens with two attached hydrogens (primary N) is 1. The third-order valence-electron chi connectivity index (χ3n) is 4.48. The number of carbonyl (C=O) groups is 1. The Morgan fingerprint density at radius 2 is 2.10 bits per heavy atom. The van der Waals surface area contributed by atoms with Crippen molar-refractivity contribution in [2.45, 2.75) is 12.5 Å². The molecule has 1 unspecified atom stereocenters. The lowest BCUT2D eigenvalue weighted by molar-refractivity contribution is 0.102. The van der Waals surface area contributed by atoms with Crippen molar-refractivity contribution in [2.75, 3.05) is 25.2 Å².